The Hall–Kier alpha value is -1.86. The molecule has 0 unspecified atom stereocenters. The highest BCUT2D eigenvalue weighted by molar-refractivity contribution is 7.99. The quantitative estimate of drug-likeness (QED) is 0.639. The van der Waals surface area contributed by atoms with Crippen molar-refractivity contribution < 1.29 is 9.69 Å². The number of amides is 1. The first-order valence-electron chi connectivity index (χ1n) is 9.95. The van der Waals surface area contributed by atoms with Crippen molar-refractivity contribution in [1.82, 2.24) is 20.1 Å². The van der Waals surface area contributed by atoms with Gasteiger partial charge in [0.25, 0.3) is 0 Å². The lowest BCUT2D eigenvalue weighted by Gasteiger charge is -2.23. The predicted molar refractivity (Wildman–Crippen MR) is 108 cm³/mol. The van der Waals surface area contributed by atoms with Gasteiger partial charge in [0, 0.05) is 6.54 Å². The number of quaternary nitrogens is 1. The molecule has 1 aliphatic rings. The Kier molecular flexibility index (Phi) is 7.71. The van der Waals surface area contributed by atoms with E-state index >= 15 is 0 Å². The Bertz CT molecular complexity index is 712. The average Bonchev–Trinajstić information content (AvgIpc) is 3.07. The summed E-state index contributed by atoms with van der Waals surface area (Å²) in [5.74, 6) is 1.45. The molecule has 0 saturated carbocycles. The molecule has 3 rings (SSSR count). The molecule has 2 aromatic rings. The highest BCUT2D eigenvalue weighted by Gasteiger charge is 2.20. The maximum atomic E-state index is 12.0. The van der Waals surface area contributed by atoms with Gasteiger partial charge < -0.3 is 10.2 Å². The summed E-state index contributed by atoms with van der Waals surface area (Å²) in [6.45, 7) is 6.84. The molecule has 0 aliphatic carbocycles. The van der Waals surface area contributed by atoms with Crippen molar-refractivity contribution in [2.75, 3.05) is 25.4 Å². The number of carbonyl (C=O) groups is 1. The number of thioether (sulfide) groups is 1. The van der Waals surface area contributed by atoms with Crippen LogP contribution >= 0.6 is 11.8 Å². The molecule has 1 saturated heterocycles. The Morgan fingerprint density at radius 1 is 1.19 bits per heavy atom. The summed E-state index contributed by atoms with van der Waals surface area (Å²) in [5.41, 5.74) is 1.23. The number of nitrogens with one attached hydrogen (secondary N) is 2. The molecule has 0 spiro atoms. The molecule has 1 aromatic carbocycles. The minimum absolute atomic E-state index is 0.0549. The van der Waals surface area contributed by atoms with Crippen LogP contribution in [0.2, 0.25) is 0 Å². The van der Waals surface area contributed by atoms with Crippen molar-refractivity contribution in [1.29, 1.82) is 0 Å². The van der Waals surface area contributed by atoms with Crippen LogP contribution in [-0.4, -0.2) is 46.1 Å². The van der Waals surface area contributed by atoms with Gasteiger partial charge in [-0.25, -0.2) is 0 Å². The lowest BCUT2D eigenvalue weighted by atomic mass is 10.1. The number of piperidine rings is 1. The summed E-state index contributed by atoms with van der Waals surface area (Å²) in [6, 6.07) is 10.4. The van der Waals surface area contributed by atoms with Crippen LogP contribution in [0.1, 0.15) is 44.0 Å². The summed E-state index contributed by atoms with van der Waals surface area (Å²) in [7, 11) is 0. The highest BCUT2D eigenvalue weighted by atomic mass is 32.2. The van der Waals surface area contributed by atoms with E-state index in [1.807, 2.05) is 6.07 Å². The van der Waals surface area contributed by atoms with E-state index in [1.54, 1.807) is 4.90 Å². The maximum absolute atomic E-state index is 12.0. The van der Waals surface area contributed by atoms with Gasteiger partial charge in [0.05, 0.1) is 25.4 Å². The predicted octanol–water partition coefficient (Wildman–Crippen LogP) is 1.51. The molecular weight excluding hydrogens is 358 g/mol. The number of rotatable bonds is 9. The van der Waals surface area contributed by atoms with E-state index in [4.69, 9.17) is 0 Å². The Morgan fingerprint density at radius 3 is 2.70 bits per heavy atom. The van der Waals surface area contributed by atoms with E-state index in [2.05, 4.69) is 51.3 Å². The van der Waals surface area contributed by atoms with Gasteiger partial charge in [-0.15, -0.1) is 10.2 Å². The van der Waals surface area contributed by atoms with Crippen LogP contribution in [0.4, 0.5) is 0 Å². The Balaban J connectivity index is 1.72. The second kappa shape index (κ2) is 10.5. The number of nitrogens with zero attached hydrogens (tertiary/aromatic N) is 3. The Morgan fingerprint density at radius 2 is 1.96 bits per heavy atom. The smallest absolute Gasteiger partial charge is 0.230 e. The summed E-state index contributed by atoms with van der Waals surface area (Å²) in [6.07, 6.45) is 4.88. The van der Waals surface area contributed by atoms with E-state index in [0.29, 0.717) is 5.75 Å². The zero-order valence-electron chi connectivity index (χ0n) is 16.1. The van der Waals surface area contributed by atoms with Crippen LogP contribution in [0.5, 0.6) is 0 Å². The molecule has 0 radical (unpaired) electrons. The third kappa shape index (κ3) is 6.07. The summed E-state index contributed by atoms with van der Waals surface area (Å²) < 4.78 is 2.19. The van der Waals surface area contributed by atoms with Crippen LogP contribution in [0.25, 0.3) is 0 Å². The molecular formula is C20H30N5OS+. The van der Waals surface area contributed by atoms with E-state index in [0.717, 1.165) is 37.0 Å². The van der Waals surface area contributed by atoms with Crippen molar-refractivity contribution in [2.45, 2.75) is 50.9 Å². The number of hydrogen-bond acceptors (Lipinski definition) is 4. The van der Waals surface area contributed by atoms with Gasteiger partial charge in [-0.05, 0) is 31.2 Å². The van der Waals surface area contributed by atoms with Crippen molar-refractivity contribution in [3.63, 3.8) is 0 Å². The van der Waals surface area contributed by atoms with Gasteiger partial charge in [0.1, 0.15) is 6.54 Å². The largest absolute Gasteiger partial charge is 0.355 e. The van der Waals surface area contributed by atoms with Gasteiger partial charge in [0.2, 0.25) is 5.91 Å². The minimum atomic E-state index is 0.0549. The Labute approximate surface area is 165 Å². The molecule has 2 N–H and O–H groups in total. The number of benzene rings is 1. The van der Waals surface area contributed by atoms with E-state index in [9.17, 15) is 4.79 Å². The van der Waals surface area contributed by atoms with Crippen molar-refractivity contribution in [3.8, 4) is 0 Å². The first kappa shape index (κ1) is 19.9. The van der Waals surface area contributed by atoms with Crippen molar-refractivity contribution in [2.24, 2.45) is 0 Å². The molecule has 1 amide bonds. The molecule has 6 nitrogen and oxygen atoms in total. The third-order valence-corrected chi connectivity index (χ3v) is 5.82. The molecule has 27 heavy (non-hydrogen) atoms. The fourth-order valence-electron chi connectivity index (χ4n) is 3.38. The zero-order chi connectivity index (χ0) is 18.9. The average molecular weight is 389 g/mol. The second-order valence-corrected chi connectivity index (χ2v) is 8.04. The van der Waals surface area contributed by atoms with Gasteiger partial charge in [-0.1, -0.05) is 49.0 Å². The van der Waals surface area contributed by atoms with Gasteiger partial charge >= 0.3 is 0 Å². The van der Waals surface area contributed by atoms with Crippen LogP contribution < -0.4 is 10.2 Å². The molecule has 2 heterocycles. The lowest BCUT2D eigenvalue weighted by Crippen LogP contribution is -3.11. The third-order valence-electron chi connectivity index (χ3n) is 4.85. The summed E-state index contributed by atoms with van der Waals surface area (Å²) >= 11 is 1.48. The maximum Gasteiger partial charge on any atom is 0.230 e. The van der Waals surface area contributed by atoms with Gasteiger partial charge in [-0.3, -0.25) is 9.36 Å². The standard InChI is InChI=1S/C20H29N5OS/c1-2-11-21-19(26)16-27-20-23-22-18(15-24-12-7-4-8-13-24)25(20)14-17-9-5-3-6-10-17/h3,5-6,9-10H,2,4,7-8,11-16H2,1H3,(H,21,26)/p+1. The monoisotopic (exact) mass is 388 g/mol. The zero-order valence-corrected chi connectivity index (χ0v) is 16.9. The molecule has 0 bridgehead atoms. The second-order valence-electron chi connectivity index (χ2n) is 7.10. The van der Waals surface area contributed by atoms with E-state index in [-0.39, 0.29) is 5.91 Å². The molecule has 146 valence electrons. The number of likely N-dealkylation sites (tertiary alicyclic amines) is 1. The summed E-state index contributed by atoms with van der Waals surface area (Å²) in [4.78, 5) is 13.6. The minimum Gasteiger partial charge on any atom is -0.355 e. The van der Waals surface area contributed by atoms with Crippen LogP contribution in [0, 0.1) is 0 Å². The SMILES string of the molecule is CCCNC(=O)CSc1nnc(C[NH+]2CCCCC2)n1Cc1ccccc1. The molecule has 1 aromatic heterocycles. The van der Waals surface area contributed by atoms with Gasteiger partial charge in [0.15, 0.2) is 11.0 Å². The highest BCUT2D eigenvalue weighted by Crippen LogP contribution is 2.18. The van der Waals surface area contributed by atoms with E-state index < -0.39 is 0 Å². The lowest BCUT2D eigenvalue weighted by molar-refractivity contribution is -0.919. The van der Waals surface area contributed by atoms with Crippen LogP contribution in [-0.2, 0) is 17.9 Å². The first-order chi connectivity index (χ1) is 13.3. The first-order valence-corrected chi connectivity index (χ1v) is 10.9. The van der Waals surface area contributed by atoms with E-state index in [1.165, 1.54) is 49.7 Å². The molecule has 0 atom stereocenters. The number of hydrogen-bond donors (Lipinski definition) is 2. The molecule has 7 heteroatoms. The number of aromatic nitrogens is 3. The van der Waals surface area contributed by atoms with Crippen molar-refractivity contribution >= 4 is 17.7 Å². The van der Waals surface area contributed by atoms with Crippen LogP contribution in [0.3, 0.4) is 0 Å². The fraction of sp³-hybridized carbons (Fsp3) is 0.550. The van der Waals surface area contributed by atoms with Crippen LogP contribution in [0.15, 0.2) is 35.5 Å². The molecule has 1 aliphatic heterocycles. The van der Waals surface area contributed by atoms with Crippen molar-refractivity contribution in [3.05, 3.63) is 41.7 Å². The number of carbonyl (C=O) groups excluding carboxylic acids is 1. The normalized spacial score (nSPS) is 15.0. The summed E-state index contributed by atoms with van der Waals surface area (Å²) in [5, 5.41) is 12.7. The van der Waals surface area contributed by atoms with Gasteiger partial charge in [-0.2, -0.15) is 0 Å². The molecule has 1 fully saturated rings. The topological polar surface area (TPSA) is 64.2 Å². The fourth-order valence-corrected chi connectivity index (χ4v) is 4.17.